The van der Waals surface area contributed by atoms with E-state index < -0.39 is 0 Å². The Morgan fingerprint density at radius 2 is 1.88 bits per heavy atom. The molecule has 1 aliphatic heterocycles. The topological polar surface area (TPSA) is 49.9 Å². The molecule has 0 radical (unpaired) electrons. The lowest BCUT2D eigenvalue weighted by Gasteiger charge is -2.44. The molecule has 0 fully saturated rings. The highest BCUT2D eigenvalue weighted by Crippen LogP contribution is 2.48. The summed E-state index contributed by atoms with van der Waals surface area (Å²) in [6, 6.07) is 7.76. The smallest absolute Gasteiger partial charge is 0.242 e. The molecular weight excluding hydrogens is 328 g/mol. The van der Waals surface area contributed by atoms with E-state index in [9.17, 15) is 9.59 Å². The van der Waals surface area contributed by atoms with Crippen LogP contribution in [0.25, 0.3) is 0 Å². The summed E-state index contributed by atoms with van der Waals surface area (Å²) in [6.07, 6.45) is 1.51. The Labute approximate surface area is 155 Å². The molecule has 0 saturated heterocycles. The number of ketones is 1. The molecule has 0 spiro atoms. The van der Waals surface area contributed by atoms with Crippen molar-refractivity contribution in [3.05, 3.63) is 41.1 Å². The number of hydrogen-bond acceptors (Lipinski definition) is 4. The van der Waals surface area contributed by atoms with E-state index in [1.54, 1.807) is 10.0 Å². The van der Waals surface area contributed by atoms with Crippen LogP contribution in [0.3, 0.4) is 0 Å². The second kappa shape index (κ2) is 6.88. The summed E-state index contributed by atoms with van der Waals surface area (Å²) in [7, 11) is 3.70. The van der Waals surface area contributed by atoms with Crippen LogP contribution in [-0.4, -0.2) is 42.4 Å². The second-order valence-electron chi connectivity index (χ2n) is 8.08. The Balaban J connectivity index is 2.17. The molecule has 1 atom stereocenters. The number of amides is 1. The summed E-state index contributed by atoms with van der Waals surface area (Å²) in [5.41, 5.74) is 2.42. The highest BCUT2D eigenvalue weighted by atomic mass is 16.5. The quantitative estimate of drug-likeness (QED) is 0.828. The fourth-order valence-corrected chi connectivity index (χ4v) is 4.19. The van der Waals surface area contributed by atoms with Gasteiger partial charge in [-0.25, -0.2) is 10.0 Å². The lowest BCUT2D eigenvalue weighted by Crippen LogP contribution is -2.49. The van der Waals surface area contributed by atoms with Crippen molar-refractivity contribution < 1.29 is 14.3 Å². The third kappa shape index (κ3) is 3.28. The zero-order chi connectivity index (χ0) is 19.1. The Morgan fingerprint density at radius 1 is 1.19 bits per heavy atom. The summed E-state index contributed by atoms with van der Waals surface area (Å²) in [5.74, 6) is 0.693. The van der Waals surface area contributed by atoms with Crippen molar-refractivity contribution in [2.75, 3.05) is 20.7 Å². The van der Waals surface area contributed by atoms with Crippen molar-refractivity contribution in [2.45, 2.75) is 46.0 Å². The zero-order valence-corrected chi connectivity index (χ0v) is 16.3. The molecule has 1 unspecified atom stereocenters. The number of hydrazine groups is 1. The van der Waals surface area contributed by atoms with Crippen molar-refractivity contribution in [3.63, 3.8) is 0 Å². The minimum atomic E-state index is -0.236. The number of carbonyl (C=O) groups is 2. The van der Waals surface area contributed by atoms with E-state index in [1.165, 1.54) is 0 Å². The van der Waals surface area contributed by atoms with Crippen LogP contribution in [0.2, 0.25) is 0 Å². The largest absolute Gasteiger partial charge is 0.494 e. The Bertz CT molecular complexity index is 764. The molecule has 1 amide bonds. The molecule has 0 N–H and O–H groups in total. The van der Waals surface area contributed by atoms with Crippen molar-refractivity contribution in [3.8, 4) is 5.75 Å². The first-order chi connectivity index (χ1) is 12.2. The molecule has 0 bridgehead atoms. The SMILES string of the molecule is CCOc1ccccc1C1CC(=O)N(N(C)C)C2=C1C(=O)CC(C)(C)C2. The van der Waals surface area contributed by atoms with Crippen LogP contribution in [0.15, 0.2) is 35.5 Å². The average Bonchev–Trinajstić information content (AvgIpc) is 2.53. The number of ether oxygens (including phenoxy) is 1. The lowest BCUT2D eigenvalue weighted by atomic mass is 9.69. The summed E-state index contributed by atoms with van der Waals surface area (Å²) >= 11 is 0. The molecular formula is C21H28N2O3. The van der Waals surface area contributed by atoms with Gasteiger partial charge in [0.1, 0.15) is 5.75 Å². The number of carbonyl (C=O) groups excluding carboxylic acids is 2. The van der Waals surface area contributed by atoms with Gasteiger partial charge in [0.05, 0.1) is 6.61 Å². The highest BCUT2D eigenvalue weighted by Gasteiger charge is 2.45. The Hall–Kier alpha value is -2.14. The van der Waals surface area contributed by atoms with Crippen LogP contribution in [-0.2, 0) is 9.59 Å². The van der Waals surface area contributed by atoms with Gasteiger partial charge in [0.2, 0.25) is 5.91 Å². The van der Waals surface area contributed by atoms with E-state index in [1.807, 2.05) is 45.3 Å². The van der Waals surface area contributed by atoms with Gasteiger partial charge in [0.25, 0.3) is 0 Å². The van der Waals surface area contributed by atoms with Crippen molar-refractivity contribution in [2.24, 2.45) is 5.41 Å². The van der Waals surface area contributed by atoms with Crippen molar-refractivity contribution in [1.82, 2.24) is 10.0 Å². The van der Waals surface area contributed by atoms with Crippen LogP contribution < -0.4 is 4.74 Å². The van der Waals surface area contributed by atoms with Crippen LogP contribution in [0.4, 0.5) is 0 Å². The maximum Gasteiger partial charge on any atom is 0.242 e. The lowest BCUT2D eigenvalue weighted by molar-refractivity contribution is -0.143. The van der Waals surface area contributed by atoms with E-state index in [0.29, 0.717) is 19.4 Å². The number of rotatable bonds is 4. The van der Waals surface area contributed by atoms with E-state index in [4.69, 9.17) is 4.74 Å². The molecule has 0 aromatic heterocycles. The van der Waals surface area contributed by atoms with Gasteiger partial charge in [-0.2, -0.15) is 0 Å². The molecule has 140 valence electrons. The van der Waals surface area contributed by atoms with Crippen molar-refractivity contribution in [1.29, 1.82) is 0 Å². The Kier molecular flexibility index (Phi) is 4.93. The minimum Gasteiger partial charge on any atom is -0.494 e. The van der Waals surface area contributed by atoms with Crippen LogP contribution >= 0.6 is 0 Å². The first-order valence-corrected chi connectivity index (χ1v) is 9.23. The number of hydrogen-bond donors (Lipinski definition) is 0. The second-order valence-corrected chi connectivity index (χ2v) is 8.08. The molecule has 1 aromatic rings. The number of Topliss-reactive ketones (excluding diaryl/α,β-unsaturated/α-hetero) is 1. The van der Waals surface area contributed by atoms with Gasteiger partial charge in [-0.05, 0) is 24.8 Å². The molecule has 1 aromatic carbocycles. The van der Waals surface area contributed by atoms with Gasteiger partial charge in [0.15, 0.2) is 5.78 Å². The third-order valence-electron chi connectivity index (χ3n) is 5.11. The first kappa shape index (κ1) is 18.6. The third-order valence-corrected chi connectivity index (χ3v) is 5.11. The van der Waals surface area contributed by atoms with E-state index in [0.717, 1.165) is 22.6 Å². The minimum absolute atomic E-state index is 0.0237. The van der Waals surface area contributed by atoms with Gasteiger partial charge in [-0.3, -0.25) is 9.59 Å². The van der Waals surface area contributed by atoms with Gasteiger partial charge in [-0.1, -0.05) is 32.0 Å². The number of benzene rings is 1. The molecule has 5 nitrogen and oxygen atoms in total. The van der Waals surface area contributed by atoms with Crippen LogP contribution in [0.5, 0.6) is 5.75 Å². The van der Waals surface area contributed by atoms with Crippen LogP contribution in [0.1, 0.15) is 51.5 Å². The summed E-state index contributed by atoms with van der Waals surface area (Å²) in [6.45, 7) is 6.67. The van der Waals surface area contributed by atoms with E-state index >= 15 is 0 Å². The first-order valence-electron chi connectivity index (χ1n) is 9.23. The molecule has 0 saturated carbocycles. The van der Waals surface area contributed by atoms with E-state index in [2.05, 4.69) is 13.8 Å². The standard InChI is InChI=1S/C21H28N2O3/c1-6-26-18-10-8-7-9-14(18)15-11-19(25)23(22(4)5)16-12-21(2,3)13-17(24)20(15)16/h7-10,15H,6,11-13H2,1-5H3. The van der Waals surface area contributed by atoms with Crippen molar-refractivity contribution >= 4 is 11.7 Å². The molecule has 1 heterocycles. The number of para-hydroxylation sites is 1. The average molecular weight is 356 g/mol. The molecule has 1 aliphatic carbocycles. The Morgan fingerprint density at radius 3 is 2.54 bits per heavy atom. The predicted molar refractivity (Wildman–Crippen MR) is 101 cm³/mol. The van der Waals surface area contributed by atoms with Gasteiger partial charge >= 0.3 is 0 Å². The molecule has 5 heteroatoms. The number of allylic oxidation sites excluding steroid dienone is 2. The summed E-state index contributed by atoms with van der Waals surface area (Å²) < 4.78 is 5.79. The fraction of sp³-hybridized carbons (Fsp3) is 0.524. The number of nitrogens with zero attached hydrogens (tertiary/aromatic N) is 2. The normalized spacial score (nSPS) is 22.7. The predicted octanol–water partition coefficient (Wildman–Crippen LogP) is 3.52. The van der Waals surface area contributed by atoms with Gasteiger partial charge in [0, 0.05) is 49.7 Å². The van der Waals surface area contributed by atoms with Crippen LogP contribution in [0, 0.1) is 5.41 Å². The maximum atomic E-state index is 13.1. The van der Waals surface area contributed by atoms with E-state index in [-0.39, 0.29) is 29.4 Å². The fourth-order valence-electron chi connectivity index (χ4n) is 4.19. The zero-order valence-electron chi connectivity index (χ0n) is 16.3. The molecule has 2 aliphatic rings. The summed E-state index contributed by atoms with van der Waals surface area (Å²) in [5, 5.41) is 3.48. The van der Waals surface area contributed by atoms with Gasteiger partial charge < -0.3 is 4.74 Å². The molecule has 26 heavy (non-hydrogen) atoms. The highest BCUT2D eigenvalue weighted by molar-refractivity contribution is 6.02. The summed E-state index contributed by atoms with van der Waals surface area (Å²) in [4.78, 5) is 26.1. The maximum absolute atomic E-state index is 13.1. The molecule has 3 rings (SSSR count). The monoisotopic (exact) mass is 356 g/mol. The van der Waals surface area contributed by atoms with Gasteiger partial charge in [-0.15, -0.1) is 0 Å².